The number of carbonyl (C=O) groups is 1. The highest BCUT2D eigenvalue weighted by atomic mass is 16.1. The third-order valence-corrected chi connectivity index (χ3v) is 3.62. The van der Waals surface area contributed by atoms with Crippen molar-refractivity contribution in [2.75, 3.05) is 11.4 Å². The first-order valence-electron chi connectivity index (χ1n) is 7.11. The van der Waals surface area contributed by atoms with E-state index >= 15 is 0 Å². The van der Waals surface area contributed by atoms with Gasteiger partial charge in [0.15, 0.2) is 5.78 Å². The van der Waals surface area contributed by atoms with E-state index in [1.807, 2.05) is 54.6 Å². The Morgan fingerprint density at radius 2 is 1.77 bits per heavy atom. The molecule has 2 aromatic carbocycles. The minimum atomic E-state index is 0.0614. The van der Waals surface area contributed by atoms with Crippen molar-refractivity contribution in [1.29, 1.82) is 0 Å². The Kier molecular flexibility index (Phi) is 3.74. The van der Waals surface area contributed by atoms with Crippen molar-refractivity contribution in [1.82, 2.24) is 0 Å². The third-order valence-electron chi connectivity index (χ3n) is 3.62. The average molecular weight is 291 g/mol. The molecule has 1 heterocycles. The summed E-state index contributed by atoms with van der Waals surface area (Å²) in [4.78, 5) is 17.8. The van der Waals surface area contributed by atoms with E-state index in [1.165, 1.54) is 0 Å². The van der Waals surface area contributed by atoms with Crippen LogP contribution in [0, 0.1) is 0 Å². The van der Waals surface area contributed by atoms with Crippen LogP contribution >= 0.6 is 0 Å². The average Bonchev–Trinajstić information content (AvgIpc) is 2.56. The van der Waals surface area contributed by atoms with E-state index in [4.69, 9.17) is 5.73 Å². The Balaban J connectivity index is 2.00. The van der Waals surface area contributed by atoms with Crippen LogP contribution in [0.1, 0.15) is 22.8 Å². The largest absolute Gasteiger partial charge is 0.386 e. The van der Waals surface area contributed by atoms with Crippen LogP contribution in [0.25, 0.3) is 5.70 Å². The molecule has 1 aliphatic rings. The van der Waals surface area contributed by atoms with Gasteiger partial charge in [-0.05, 0) is 24.6 Å². The van der Waals surface area contributed by atoms with Gasteiger partial charge in [0, 0.05) is 11.3 Å². The lowest BCUT2D eigenvalue weighted by Crippen LogP contribution is -2.35. The Morgan fingerprint density at radius 1 is 1.09 bits per heavy atom. The number of Topliss-reactive ketones (excluding diaryl/α,β-unsaturated/α-hetero) is 1. The molecule has 4 nitrogen and oxygen atoms in total. The molecule has 2 N–H and O–H groups in total. The molecule has 0 bridgehead atoms. The number of ketones is 1. The lowest BCUT2D eigenvalue weighted by atomic mass is 10.1. The summed E-state index contributed by atoms with van der Waals surface area (Å²) in [5.41, 5.74) is 9.62. The molecule has 1 aliphatic heterocycles. The molecule has 110 valence electrons. The molecule has 0 spiro atoms. The number of para-hydroxylation sites is 1. The molecule has 0 unspecified atom stereocenters. The first-order chi connectivity index (χ1) is 10.6. The van der Waals surface area contributed by atoms with Gasteiger partial charge in [-0.3, -0.25) is 4.79 Å². The molecular weight excluding hydrogens is 274 g/mol. The number of nitrogens with zero attached hydrogens (tertiary/aromatic N) is 2. The topological polar surface area (TPSA) is 58.7 Å². The fourth-order valence-electron chi connectivity index (χ4n) is 2.45. The van der Waals surface area contributed by atoms with E-state index in [0.29, 0.717) is 17.9 Å². The maximum absolute atomic E-state index is 11.4. The lowest BCUT2D eigenvalue weighted by molar-refractivity contribution is 0.101. The molecule has 0 aromatic heterocycles. The molecule has 0 saturated heterocycles. The number of benzene rings is 2. The van der Waals surface area contributed by atoms with Crippen molar-refractivity contribution in [2.45, 2.75) is 6.92 Å². The van der Waals surface area contributed by atoms with Crippen molar-refractivity contribution >= 4 is 23.0 Å². The molecule has 3 rings (SSSR count). The van der Waals surface area contributed by atoms with Crippen LogP contribution in [-0.4, -0.2) is 18.2 Å². The Morgan fingerprint density at radius 3 is 2.41 bits per heavy atom. The van der Waals surface area contributed by atoms with Gasteiger partial charge in [0.1, 0.15) is 5.84 Å². The van der Waals surface area contributed by atoms with E-state index in [-0.39, 0.29) is 5.78 Å². The molecule has 22 heavy (non-hydrogen) atoms. The summed E-state index contributed by atoms with van der Waals surface area (Å²) in [7, 11) is 0. The third kappa shape index (κ3) is 2.76. The fraction of sp³-hybridized carbons (Fsp3) is 0.111. The zero-order valence-electron chi connectivity index (χ0n) is 12.4. The molecule has 0 amide bonds. The van der Waals surface area contributed by atoms with Gasteiger partial charge >= 0.3 is 0 Å². The van der Waals surface area contributed by atoms with Gasteiger partial charge in [0.25, 0.3) is 0 Å². The molecule has 0 aliphatic carbocycles. The first kappa shape index (κ1) is 14.1. The minimum Gasteiger partial charge on any atom is -0.386 e. The van der Waals surface area contributed by atoms with E-state index in [9.17, 15) is 4.79 Å². The Bertz CT molecular complexity index is 746. The van der Waals surface area contributed by atoms with Crippen LogP contribution in [0.3, 0.4) is 0 Å². The maximum atomic E-state index is 11.4. The van der Waals surface area contributed by atoms with Gasteiger partial charge in [-0.1, -0.05) is 42.5 Å². The predicted molar refractivity (Wildman–Crippen MR) is 89.8 cm³/mol. The smallest absolute Gasteiger partial charge is 0.159 e. The van der Waals surface area contributed by atoms with Crippen molar-refractivity contribution in [3.05, 3.63) is 71.9 Å². The Hall–Kier alpha value is -2.88. The number of hydrogen-bond donors (Lipinski definition) is 1. The second-order valence-corrected chi connectivity index (χ2v) is 5.19. The first-order valence-corrected chi connectivity index (χ1v) is 7.11. The molecule has 2 aromatic rings. The van der Waals surface area contributed by atoms with Gasteiger partial charge in [0.05, 0.1) is 18.4 Å². The second-order valence-electron chi connectivity index (χ2n) is 5.19. The summed E-state index contributed by atoms with van der Waals surface area (Å²) in [5.74, 6) is 0.638. The van der Waals surface area contributed by atoms with E-state index in [0.717, 1.165) is 16.9 Å². The molecule has 0 saturated carbocycles. The summed E-state index contributed by atoms with van der Waals surface area (Å²) in [6.07, 6.45) is 1.77. The van der Waals surface area contributed by atoms with Crippen LogP contribution in [0.5, 0.6) is 0 Å². The predicted octanol–water partition coefficient (Wildman–Crippen LogP) is 3.07. The highest BCUT2D eigenvalue weighted by Gasteiger charge is 2.18. The molecule has 0 fully saturated rings. The van der Waals surface area contributed by atoms with E-state index in [1.54, 1.807) is 13.1 Å². The number of amidine groups is 1. The molecule has 4 heteroatoms. The summed E-state index contributed by atoms with van der Waals surface area (Å²) in [6.45, 7) is 2.11. The van der Waals surface area contributed by atoms with Crippen molar-refractivity contribution in [2.24, 2.45) is 10.7 Å². The second kappa shape index (κ2) is 5.85. The number of carbonyl (C=O) groups excluding carboxylic acids is 1. The van der Waals surface area contributed by atoms with Crippen LogP contribution in [0.15, 0.2) is 65.8 Å². The standard InChI is InChI=1S/C18H17N3O/c1-13(22)14-7-9-15(10-8-14)17-11-20-18(19)12-21(17)16-5-3-2-4-6-16/h2-11H,12H2,1H3,(H2,19,20). The SMILES string of the molecule is CC(=O)c1ccc(C2=CN=C(N)CN2c2ccccc2)cc1. The van der Waals surface area contributed by atoms with E-state index in [2.05, 4.69) is 9.89 Å². The van der Waals surface area contributed by atoms with Crippen LogP contribution in [-0.2, 0) is 0 Å². The zero-order valence-corrected chi connectivity index (χ0v) is 12.4. The monoisotopic (exact) mass is 291 g/mol. The van der Waals surface area contributed by atoms with Gasteiger partial charge in [-0.2, -0.15) is 0 Å². The van der Waals surface area contributed by atoms with Gasteiger partial charge in [-0.15, -0.1) is 0 Å². The maximum Gasteiger partial charge on any atom is 0.159 e. The van der Waals surface area contributed by atoms with Gasteiger partial charge < -0.3 is 10.6 Å². The van der Waals surface area contributed by atoms with E-state index < -0.39 is 0 Å². The fourth-order valence-corrected chi connectivity index (χ4v) is 2.45. The van der Waals surface area contributed by atoms with Crippen LogP contribution in [0.4, 0.5) is 5.69 Å². The molecular formula is C18H17N3O. The van der Waals surface area contributed by atoms with Crippen LogP contribution in [0.2, 0.25) is 0 Å². The van der Waals surface area contributed by atoms with Crippen molar-refractivity contribution in [3.8, 4) is 0 Å². The highest BCUT2D eigenvalue weighted by Crippen LogP contribution is 2.28. The Labute approximate surface area is 129 Å². The lowest BCUT2D eigenvalue weighted by Gasteiger charge is -2.29. The number of aliphatic imine (C=N–C) groups is 1. The summed E-state index contributed by atoms with van der Waals surface area (Å²) in [6, 6.07) is 17.6. The molecule has 0 atom stereocenters. The summed E-state index contributed by atoms with van der Waals surface area (Å²) < 4.78 is 0. The van der Waals surface area contributed by atoms with Crippen LogP contribution < -0.4 is 10.6 Å². The quantitative estimate of drug-likeness (QED) is 0.884. The molecule has 0 radical (unpaired) electrons. The number of anilines is 1. The van der Waals surface area contributed by atoms with Crippen molar-refractivity contribution < 1.29 is 4.79 Å². The highest BCUT2D eigenvalue weighted by molar-refractivity contribution is 5.96. The van der Waals surface area contributed by atoms with Gasteiger partial charge in [-0.25, -0.2) is 4.99 Å². The normalized spacial score (nSPS) is 14.3. The zero-order chi connectivity index (χ0) is 15.5. The number of nitrogens with two attached hydrogens (primary N) is 1. The summed E-state index contributed by atoms with van der Waals surface area (Å²) in [5, 5.41) is 0. The number of hydrogen-bond acceptors (Lipinski definition) is 4. The van der Waals surface area contributed by atoms with Gasteiger partial charge in [0.2, 0.25) is 0 Å². The summed E-state index contributed by atoms with van der Waals surface area (Å²) >= 11 is 0. The van der Waals surface area contributed by atoms with Crippen molar-refractivity contribution in [3.63, 3.8) is 0 Å². The number of rotatable bonds is 3. The minimum absolute atomic E-state index is 0.0614.